The molecule has 1 fully saturated rings. The van der Waals surface area contributed by atoms with Gasteiger partial charge in [-0.3, -0.25) is 0 Å². The number of halogens is 3. The Morgan fingerprint density at radius 1 is 1.41 bits per heavy atom. The third-order valence-electron chi connectivity index (χ3n) is 3.84. The number of anilines is 1. The van der Waals surface area contributed by atoms with Crippen molar-refractivity contribution in [3.63, 3.8) is 0 Å². The molecule has 22 heavy (non-hydrogen) atoms. The molecule has 1 N–H and O–H groups in total. The van der Waals surface area contributed by atoms with Gasteiger partial charge in [-0.1, -0.05) is 11.6 Å². The van der Waals surface area contributed by atoms with Crippen molar-refractivity contribution in [3.05, 3.63) is 35.0 Å². The first-order chi connectivity index (χ1) is 10.5. The molecule has 3 rings (SSSR count). The first-order valence-corrected chi connectivity index (χ1v) is 7.23. The van der Waals surface area contributed by atoms with Gasteiger partial charge in [0, 0.05) is 22.6 Å². The van der Waals surface area contributed by atoms with E-state index in [2.05, 4.69) is 4.98 Å². The standard InChI is InChI=1S/C15H13ClF2N2O2/c16-8-3-4-10-9(6-8)13(7-11(19-10)14(17)18)20-5-1-2-12(20)15(21)22/h3-4,6-7,12,14H,1-2,5H2,(H,21,22)/t12-/m1/s1. The van der Waals surface area contributed by atoms with E-state index in [0.717, 1.165) is 0 Å². The van der Waals surface area contributed by atoms with E-state index in [1.807, 2.05) is 0 Å². The minimum Gasteiger partial charge on any atom is -0.480 e. The fourth-order valence-electron chi connectivity index (χ4n) is 2.86. The predicted octanol–water partition coefficient (Wildman–Crippen LogP) is 3.88. The van der Waals surface area contributed by atoms with Crippen LogP contribution in [0.15, 0.2) is 24.3 Å². The van der Waals surface area contributed by atoms with Gasteiger partial charge in [-0.15, -0.1) is 0 Å². The second kappa shape index (κ2) is 5.68. The molecule has 0 amide bonds. The lowest BCUT2D eigenvalue weighted by Gasteiger charge is -2.25. The molecule has 0 aliphatic carbocycles. The van der Waals surface area contributed by atoms with E-state index in [0.29, 0.717) is 41.0 Å². The highest BCUT2D eigenvalue weighted by Gasteiger charge is 2.32. The molecular formula is C15H13ClF2N2O2. The fourth-order valence-corrected chi connectivity index (χ4v) is 3.03. The lowest BCUT2D eigenvalue weighted by atomic mass is 10.1. The Labute approximate surface area is 130 Å². The molecule has 1 aliphatic rings. The Kier molecular flexibility index (Phi) is 3.87. The van der Waals surface area contributed by atoms with Gasteiger partial charge in [0.25, 0.3) is 6.43 Å². The number of carboxylic acid groups (broad SMARTS) is 1. The summed E-state index contributed by atoms with van der Waals surface area (Å²) in [6, 6.07) is 5.33. The average molecular weight is 327 g/mol. The summed E-state index contributed by atoms with van der Waals surface area (Å²) >= 11 is 5.99. The lowest BCUT2D eigenvalue weighted by molar-refractivity contribution is -0.138. The number of alkyl halides is 2. The fraction of sp³-hybridized carbons (Fsp3) is 0.333. The van der Waals surface area contributed by atoms with Crippen LogP contribution in [0.3, 0.4) is 0 Å². The Bertz CT molecular complexity index is 739. The second-order valence-electron chi connectivity index (χ2n) is 5.22. The number of nitrogens with zero attached hydrogens (tertiary/aromatic N) is 2. The molecule has 0 radical (unpaired) electrons. The van der Waals surface area contributed by atoms with Crippen molar-refractivity contribution in [1.29, 1.82) is 0 Å². The summed E-state index contributed by atoms with van der Waals surface area (Å²) < 4.78 is 26.1. The molecule has 0 spiro atoms. The summed E-state index contributed by atoms with van der Waals surface area (Å²) in [5, 5.41) is 10.4. The largest absolute Gasteiger partial charge is 0.480 e. The Morgan fingerprint density at radius 3 is 2.86 bits per heavy atom. The smallest absolute Gasteiger partial charge is 0.326 e. The molecule has 1 aromatic carbocycles. The maximum Gasteiger partial charge on any atom is 0.326 e. The molecular weight excluding hydrogens is 314 g/mol. The predicted molar refractivity (Wildman–Crippen MR) is 79.7 cm³/mol. The molecule has 1 aliphatic heterocycles. The third kappa shape index (κ3) is 2.59. The van der Waals surface area contributed by atoms with Crippen molar-refractivity contribution in [3.8, 4) is 0 Å². The van der Waals surface area contributed by atoms with Crippen molar-refractivity contribution < 1.29 is 18.7 Å². The monoisotopic (exact) mass is 326 g/mol. The average Bonchev–Trinajstić information content (AvgIpc) is 2.95. The molecule has 2 heterocycles. The summed E-state index contributed by atoms with van der Waals surface area (Å²) in [5.41, 5.74) is 0.474. The van der Waals surface area contributed by atoms with Gasteiger partial charge < -0.3 is 10.0 Å². The van der Waals surface area contributed by atoms with Crippen molar-refractivity contribution in [1.82, 2.24) is 4.98 Å². The number of hydrogen-bond donors (Lipinski definition) is 1. The maximum atomic E-state index is 13.1. The maximum absolute atomic E-state index is 13.1. The van der Waals surface area contributed by atoms with Gasteiger partial charge in [0.1, 0.15) is 11.7 Å². The molecule has 0 saturated carbocycles. The van der Waals surface area contributed by atoms with Crippen LogP contribution in [0.1, 0.15) is 25.0 Å². The van der Waals surface area contributed by atoms with E-state index in [-0.39, 0.29) is 5.69 Å². The molecule has 4 nitrogen and oxygen atoms in total. The molecule has 1 atom stereocenters. The molecule has 116 valence electrons. The van der Waals surface area contributed by atoms with Crippen LogP contribution in [0.25, 0.3) is 10.9 Å². The van der Waals surface area contributed by atoms with E-state index >= 15 is 0 Å². The highest BCUT2D eigenvalue weighted by Crippen LogP contribution is 2.35. The number of pyridine rings is 1. The normalized spacial score (nSPS) is 18.4. The number of aliphatic carboxylic acids is 1. The second-order valence-corrected chi connectivity index (χ2v) is 5.65. The summed E-state index contributed by atoms with van der Waals surface area (Å²) in [6.45, 7) is 0.505. The first-order valence-electron chi connectivity index (χ1n) is 6.85. The number of rotatable bonds is 3. The van der Waals surface area contributed by atoms with Gasteiger partial charge in [0.05, 0.1) is 5.52 Å². The van der Waals surface area contributed by atoms with E-state index in [1.165, 1.54) is 6.07 Å². The summed E-state index contributed by atoms with van der Waals surface area (Å²) in [5.74, 6) is -0.955. The Hall–Kier alpha value is -1.95. The lowest BCUT2D eigenvalue weighted by Crippen LogP contribution is -2.36. The zero-order valence-corrected chi connectivity index (χ0v) is 12.2. The van der Waals surface area contributed by atoms with E-state index in [4.69, 9.17) is 11.6 Å². The first kappa shape index (κ1) is 15.0. The van der Waals surface area contributed by atoms with Crippen molar-refractivity contribution in [2.24, 2.45) is 0 Å². The van der Waals surface area contributed by atoms with Crippen LogP contribution in [0.5, 0.6) is 0 Å². The van der Waals surface area contributed by atoms with Crippen molar-refractivity contribution >= 4 is 34.2 Å². The number of fused-ring (bicyclic) bond motifs is 1. The zero-order chi connectivity index (χ0) is 15.9. The zero-order valence-electron chi connectivity index (χ0n) is 11.5. The summed E-state index contributed by atoms with van der Waals surface area (Å²) in [4.78, 5) is 17.0. The Morgan fingerprint density at radius 2 is 2.18 bits per heavy atom. The van der Waals surface area contributed by atoms with Crippen LogP contribution in [0, 0.1) is 0 Å². The molecule has 0 unspecified atom stereocenters. The van der Waals surface area contributed by atoms with Crippen molar-refractivity contribution in [2.45, 2.75) is 25.3 Å². The van der Waals surface area contributed by atoms with Gasteiger partial charge >= 0.3 is 5.97 Å². The topological polar surface area (TPSA) is 53.4 Å². The van der Waals surface area contributed by atoms with Crippen LogP contribution < -0.4 is 4.90 Å². The van der Waals surface area contributed by atoms with Crippen LogP contribution in [-0.4, -0.2) is 28.6 Å². The van der Waals surface area contributed by atoms with E-state index in [9.17, 15) is 18.7 Å². The summed E-state index contributed by atoms with van der Waals surface area (Å²) in [7, 11) is 0. The van der Waals surface area contributed by atoms with Gasteiger partial charge in [-0.2, -0.15) is 0 Å². The van der Waals surface area contributed by atoms with E-state index in [1.54, 1.807) is 23.1 Å². The quantitative estimate of drug-likeness (QED) is 0.930. The Balaban J connectivity index is 2.21. The van der Waals surface area contributed by atoms with Crippen LogP contribution in [0.4, 0.5) is 14.5 Å². The molecule has 1 saturated heterocycles. The van der Waals surface area contributed by atoms with Gasteiger partial charge in [-0.25, -0.2) is 18.6 Å². The van der Waals surface area contributed by atoms with Crippen LogP contribution in [0.2, 0.25) is 5.02 Å². The highest BCUT2D eigenvalue weighted by molar-refractivity contribution is 6.31. The van der Waals surface area contributed by atoms with Gasteiger partial charge in [-0.05, 0) is 37.1 Å². The third-order valence-corrected chi connectivity index (χ3v) is 4.07. The van der Waals surface area contributed by atoms with Gasteiger partial charge in [0.15, 0.2) is 0 Å². The highest BCUT2D eigenvalue weighted by atomic mass is 35.5. The SMILES string of the molecule is O=C(O)[C@H]1CCCN1c1cc(C(F)F)nc2ccc(Cl)cc12. The molecule has 1 aromatic heterocycles. The number of benzene rings is 1. The van der Waals surface area contributed by atoms with E-state index < -0.39 is 18.4 Å². The number of hydrogen-bond acceptors (Lipinski definition) is 3. The molecule has 0 bridgehead atoms. The van der Waals surface area contributed by atoms with Crippen molar-refractivity contribution in [2.75, 3.05) is 11.4 Å². The minimum atomic E-state index is -2.72. The number of aromatic nitrogens is 1. The van der Waals surface area contributed by atoms with Gasteiger partial charge in [0.2, 0.25) is 0 Å². The van der Waals surface area contributed by atoms with Crippen LogP contribution >= 0.6 is 11.6 Å². The summed E-state index contributed by atoms with van der Waals surface area (Å²) in [6.07, 6.45) is -1.53. The molecule has 7 heteroatoms. The van der Waals surface area contributed by atoms with Crippen LogP contribution in [-0.2, 0) is 4.79 Å². The number of carbonyl (C=O) groups is 1. The number of carboxylic acids is 1. The molecule has 2 aromatic rings. The minimum absolute atomic E-state index is 0.360.